The van der Waals surface area contributed by atoms with Gasteiger partial charge in [-0.05, 0) is 31.9 Å². The summed E-state index contributed by atoms with van der Waals surface area (Å²) in [4.78, 5) is 11.8. The van der Waals surface area contributed by atoms with E-state index in [-0.39, 0.29) is 0 Å². The predicted molar refractivity (Wildman–Crippen MR) is 79.3 cm³/mol. The zero-order valence-electron chi connectivity index (χ0n) is 12.4. The van der Waals surface area contributed by atoms with E-state index < -0.39 is 17.8 Å². The van der Waals surface area contributed by atoms with Gasteiger partial charge in [0, 0.05) is 5.57 Å². The molecule has 0 saturated carbocycles. The fourth-order valence-electron chi connectivity index (χ4n) is 1.88. The van der Waals surface area contributed by atoms with Gasteiger partial charge in [0.1, 0.15) is 5.75 Å². The Bertz CT molecular complexity index is 452. The van der Waals surface area contributed by atoms with Crippen molar-refractivity contribution in [2.24, 2.45) is 5.73 Å². The van der Waals surface area contributed by atoms with Crippen LogP contribution in [-0.2, 0) is 9.53 Å². The molecule has 110 valence electrons. The second-order valence-corrected chi connectivity index (χ2v) is 4.79. The minimum Gasteiger partial charge on any atom is -0.471 e. The number of carbonyl (C=O) groups excluding carboxylic acids is 1. The molecular formula is C16H23NO3. The molecule has 0 heterocycles. The highest BCUT2D eigenvalue weighted by atomic mass is 16.6. The highest BCUT2D eigenvalue weighted by Gasteiger charge is 2.39. The minimum absolute atomic E-state index is 0.350. The van der Waals surface area contributed by atoms with Crippen molar-refractivity contribution >= 4 is 5.97 Å². The topological polar surface area (TPSA) is 61.5 Å². The van der Waals surface area contributed by atoms with Crippen LogP contribution in [0.5, 0.6) is 5.75 Å². The lowest BCUT2D eigenvalue weighted by atomic mass is 9.95. The van der Waals surface area contributed by atoms with Gasteiger partial charge in [-0.2, -0.15) is 0 Å². The number of ether oxygens (including phenoxy) is 2. The van der Waals surface area contributed by atoms with Gasteiger partial charge in [-0.3, -0.25) is 5.73 Å². The van der Waals surface area contributed by atoms with E-state index in [0.717, 1.165) is 0 Å². The Morgan fingerprint density at radius 2 is 1.85 bits per heavy atom. The molecule has 4 heteroatoms. The lowest BCUT2D eigenvalue weighted by molar-refractivity contribution is -0.167. The molecule has 1 aromatic rings. The van der Waals surface area contributed by atoms with Crippen molar-refractivity contribution in [1.82, 2.24) is 0 Å². The van der Waals surface area contributed by atoms with Crippen LogP contribution in [0.1, 0.15) is 33.6 Å². The van der Waals surface area contributed by atoms with Crippen LogP contribution in [0.3, 0.4) is 0 Å². The summed E-state index contributed by atoms with van der Waals surface area (Å²) in [7, 11) is 0. The summed E-state index contributed by atoms with van der Waals surface area (Å²) in [5.41, 5.74) is 5.62. The first-order chi connectivity index (χ1) is 9.45. The largest absolute Gasteiger partial charge is 0.471 e. The van der Waals surface area contributed by atoms with E-state index in [9.17, 15) is 4.79 Å². The van der Waals surface area contributed by atoms with Crippen molar-refractivity contribution in [2.45, 2.75) is 45.4 Å². The van der Waals surface area contributed by atoms with E-state index in [1.54, 1.807) is 6.92 Å². The summed E-state index contributed by atoms with van der Waals surface area (Å²) in [6.45, 7) is 9.05. The Kier molecular flexibility index (Phi) is 5.77. The first-order valence-electron chi connectivity index (χ1n) is 6.81. The van der Waals surface area contributed by atoms with Gasteiger partial charge in [0.2, 0.25) is 0 Å². The fraction of sp³-hybridized carbons (Fsp3) is 0.438. The molecule has 0 spiro atoms. The molecule has 0 saturated heterocycles. The summed E-state index contributed by atoms with van der Waals surface area (Å²) in [6, 6.07) is 9.25. The molecule has 0 aromatic heterocycles. The van der Waals surface area contributed by atoms with Gasteiger partial charge in [0.15, 0.2) is 11.8 Å². The maximum absolute atomic E-state index is 11.8. The molecule has 2 N–H and O–H groups in total. The quantitative estimate of drug-likeness (QED) is 0.473. The zero-order chi connectivity index (χ0) is 15.2. The van der Waals surface area contributed by atoms with E-state index in [0.29, 0.717) is 24.2 Å². The number of benzene rings is 1. The molecular weight excluding hydrogens is 254 g/mol. The van der Waals surface area contributed by atoms with Crippen LogP contribution in [0.4, 0.5) is 0 Å². The van der Waals surface area contributed by atoms with Crippen LogP contribution in [0.2, 0.25) is 0 Å². The van der Waals surface area contributed by atoms with Crippen LogP contribution in [0, 0.1) is 0 Å². The fourth-order valence-corrected chi connectivity index (χ4v) is 1.88. The summed E-state index contributed by atoms with van der Waals surface area (Å²) < 4.78 is 11.3. The van der Waals surface area contributed by atoms with Gasteiger partial charge >= 0.3 is 5.97 Å². The van der Waals surface area contributed by atoms with Crippen molar-refractivity contribution in [3.05, 3.63) is 42.5 Å². The highest BCUT2D eigenvalue weighted by Crippen LogP contribution is 2.27. The van der Waals surface area contributed by atoms with E-state index in [2.05, 4.69) is 6.58 Å². The van der Waals surface area contributed by atoms with Crippen molar-refractivity contribution in [3.8, 4) is 5.75 Å². The molecule has 0 aliphatic rings. The van der Waals surface area contributed by atoms with E-state index in [1.165, 1.54) is 0 Å². The van der Waals surface area contributed by atoms with Gasteiger partial charge < -0.3 is 9.47 Å². The molecule has 0 radical (unpaired) electrons. The monoisotopic (exact) mass is 277 g/mol. The van der Waals surface area contributed by atoms with Gasteiger partial charge in [-0.25, -0.2) is 4.79 Å². The highest BCUT2D eigenvalue weighted by molar-refractivity contribution is 5.87. The molecule has 1 rings (SSSR count). The van der Waals surface area contributed by atoms with Crippen molar-refractivity contribution in [2.75, 3.05) is 0 Å². The number of para-hydroxylation sites is 1. The minimum atomic E-state index is -0.855. The van der Waals surface area contributed by atoms with Crippen molar-refractivity contribution in [1.29, 1.82) is 0 Å². The summed E-state index contributed by atoms with van der Waals surface area (Å²) in [5, 5.41) is 0. The summed E-state index contributed by atoms with van der Waals surface area (Å²) in [6.07, 6.45) is 0.399. The molecule has 0 amide bonds. The van der Waals surface area contributed by atoms with Crippen LogP contribution in [0.15, 0.2) is 42.5 Å². The van der Waals surface area contributed by atoms with E-state index in [1.807, 2.05) is 44.2 Å². The Hall–Kier alpha value is -1.81. The third kappa shape index (κ3) is 3.84. The Labute approximate surface area is 120 Å². The molecule has 1 aromatic carbocycles. The third-order valence-electron chi connectivity index (χ3n) is 3.37. The van der Waals surface area contributed by atoms with Gasteiger partial charge in [-0.15, -0.1) is 0 Å². The van der Waals surface area contributed by atoms with E-state index >= 15 is 0 Å². The zero-order valence-corrected chi connectivity index (χ0v) is 12.4. The molecule has 0 aliphatic heterocycles. The second kappa shape index (κ2) is 7.10. The third-order valence-corrected chi connectivity index (χ3v) is 3.37. The lowest BCUT2D eigenvalue weighted by Crippen LogP contribution is -2.53. The van der Waals surface area contributed by atoms with Gasteiger partial charge in [0.05, 0.1) is 0 Å². The smallest absolute Gasteiger partial charge is 0.333 e. The molecule has 0 aliphatic carbocycles. The Morgan fingerprint density at radius 1 is 1.30 bits per heavy atom. The van der Waals surface area contributed by atoms with Gasteiger partial charge in [0.25, 0.3) is 0 Å². The number of rotatable bonds is 7. The first-order valence-corrected chi connectivity index (χ1v) is 6.81. The van der Waals surface area contributed by atoms with Crippen molar-refractivity contribution < 1.29 is 14.3 Å². The average molecular weight is 277 g/mol. The maximum atomic E-state index is 11.8. The molecule has 1 atom stereocenters. The van der Waals surface area contributed by atoms with Gasteiger partial charge in [-0.1, -0.05) is 38.6 Å². The van der Waals surface area contributed by atoms with Crippen LogP contribution < -0.4 is 10.5 Å². The predicted octanol–water partition coefficient (Wildman–Crippen LogP) is 3.03. The number of hydrogen-bond donors (Lipinski definition) is 1. The SMILES string of the molecule is C=C(C)C(=O)OC(CC)(CC)C(N)Oc1ccccc1. The molecule has 0 bridgehead atoms. The number of carbonyl (C=O) groups is 1. The Balaban J connectivity index is 2.88. The lowest BCUT2D eigenvalue weighted by Gasteiger charge is -2.36. The molecule has 0 fully saturated rings. The number of hydrogen-bond acceptors (Lipinski definition) is 4. The average Bonchev–Trinajstić information content (AvgIpc) is 2.45. The van der Waals surface area contributed by atoms with Crippen LogP contribution in [-0.4, -0.2) is 17.8 Å². The molecule has 1 unspecified atom stereocenters. The van der Waals surface area contributed by atoms with E-state index in [4.69, 9.17) is 15.2 Å². The molecule has 4 nitrogen and oxygen atoms in total. The number of esters is 1. The second-order valence-electron chi connectivity index (χ2n) is 4.79. The standard InChI is InChI=1S/C16H23NO3/c1-5-16(6-2,20-14(18)12(3)4)15(17)19-13-10-8-7-9-11-13/h7-11,15H,3,5-6,17H2,1-2,4H3. The normalized spacial score (nSPS) is 12.6. The first kappa shape index (κ1) is 16.2. The number of nitrogens with two attached hydrogens (primary N) is 1. The summed E-state index contributed by atoms with van der Waals surface area (Å²) in [5.74, 6) is 0.207. The molecule has 20 heavy (non-hydrogen) atoms. The maximum Gasteiger partial charge on any atom is 0.333 e. The Morgan fingerprint density at radius 3 is 2.30 bits per heavy atom. The van der Waals surface area contributed by atoms with Crippen LogP contribution >= 0.6 is 0 Å². The van der Waals surface area contributed by atoms with Crippen LogP contribution in [0.25, 0.3) is 0 Å². The van der Waals surface area contributed by atoms with Crippen molar-refractivity contribution in [3.63, 3.8) is 0 Å². The summed E-state index contributed by atoms with van der Waals surface area (Å²) >= 11 is 0.